The highest BCUT2D eigenvalue weighted by Gasteiger charge is 2.57. The molecule has 0 unspecified atom stereocenters. The molecule has 0 aromatic rings. The second-order valence-electron chi connectivity index (χ2n) is 6.11. The van der Waals surface area contributed by atoms with Crippen molar-refractivity contribution in [3.8, 4) is 0 Å². The van der Waals surface area contributed by atoms with Gasteiger partial charge < -0.3 is 9.53 Å². The van der Waals surface area contributed by atoms with Gasteiger partial charge in [0.2, 0.25) is 0 Å². The molecule has 0 heterocycles. The van der Waals surface area contributed by atoms with Crippen molar-refractivity contribution in [2.24, 2.45) is 5.92 Å². The van der Waals surface area contributed by atoms with Gasteiger partial charge in [-0.25, -0.2) is 0 Å². The maximum Gasteiger partial charge on any atom is 0.193 e. The summed E-state index contributed by atoms with van der Waals surface area (Å²) in [4.78, 5) is 0. The fraction of sp³-hybridized carbons (Fsp3) is 0.833. The molecule has 0 spiro atoms. The molecule has 0 aromatic carbocycles. The Labute approximate surface area is 94.5 Å². The van der Waals surface area contributed by atoms with Crippen molar-refractivity contribution in [1.82, 2.24) is 0 Å². The Balaban J connectivity index is 2.74. The lowest BCUT2D eigenvalue weighted by Crippen LogP contribution is -2.45. The van der Waals surface area contributed by atoms with Crippen LogP contribution in [0.1, 0.15) is 27.2 Å². The highest BCUT2D eigenvalue weighted by Crippen LogP contribution is 2.52. The molecule has 2 nitrogen and oxygen atoms in total. The molecule has 15 heavy (non-hydrogen) atoms. The summed E-state index contributed by atoms with van der Waals surface area (Å²) in [6.07, 6.45) is 2.81. The first-order chi connectivity index (χ1) is 6.68. The third-order valence-electron chi connectivity index (χ3n) is 3.91. The second-order valence-corrected chi connectivity index (χ2v) is 10.8. The van der Waals surface area contributed by atoms with Crippen molar-refractivity contribution < 1.29 is 9.53 Å². The molecule has 3 heteroatoms. The standard InChI is InChI=1S/C12H24O2Si/c1-7-12(8-10(12)9-13)14-15(5,6)11(2,3)4/h7,10,13H,1,8-9H2,2-6H3/t10-,12+/m1/s1. The van der Waals surface area contributed by atoms with Gasteiger partial charge in [-0.1, -0.05) is 26.8 Å². The summed E-state index contributed by atoms with van der Waals surface area (Å²) in [6.45, 7) is 15.2. The van der Waals surface area contributed by atoms with E-state index in [1.807, 2.05) is 6.08 Å². The van der Waals surface area contributed by atoms with Crippen LogP contribution in [-0.2, 0) is 4.43 Å². The molecule has 0 saturated heterocycles. The van der Waals surface area contributed by atoms with Crippen LogP contribution < -0.4 is 0 Å². The van der Waals surface area contributed by atoms with Crippen LogP contribution in [-0.4, -0.2) is 25.6 Å². The first kappa shape index (κ1) is 12.9. The summed E-state index contributed by atoms with van der Waals surface area (Å²) >= 11 is 0. The molecule has 0 bridgehead atoms. The lowest BCUT2D eigenvalue weighted by molar-refractivity contribution is 0.161. The van der Waals surface area contributed by atoms with Crippen molar-refractivity contribution in [2.45, 2.75) is 50.9 Å². The summed E-state index contributed by atoms with van der Waals surface area (Å²) < 4.78 is 6.31. The maximum atomic E-state index is 9.16. The van der Waals surface area contributed by atoms with Crippen LogP contribution in [0.15, 0.2) is 12.7 Å². The zero-order chi connectivity index (χ0) is 11.9. The number of aliphatic hydroxyl groups excluding tert-OH is 1. The molecular formula is C12H24O2Si. The number of rotatable bonds is 4. The van der Waals surface area contributed by atoms with Crippen molar-refractivity contribution in [2.75, 3.05) is 6.61 Å². The Hall–Kier alpha value is -0.123. The first-order valence-electron chi connectivity index (χ1n) is 5.63. The van der Waals surface area contributed by atoms with E-state index in [2.05, 4.69) is 40.4 Å². The van der Waals surface area contributed by atoms with Gasteiger partial charge in [-0.2, -0.15) is 0 Å². The van der Waals surface area contributed by atoms with Crippen molar-refractivity contribution in [3.63, 3.8) is 0 Å². The van der Waals surface area contributed by atoms with Gasteiger partial charge in [-0.3, -0.25) is 0 Å². The minimum Gasteiger partial charge on any atom is -0.408 e. The number of aliphatic hydroxyl groups is 1. The summed E-state index contributed by atoms with van der Waals surface area (Å²) in [5.41, 5.74) is -0.224. The molecule has 1 rings (SSSR count). The minimum atomic E-state index is -1.74. The molecule has 88 valence electrons. The summed E-state index contributed by atoms with van der Waals surface area (Å²) in [7, 11) is -1.74. The molecule has 1 aliphatic rings. The normalized spacial score (nSPS) is 31.5. The monoisotopic (exact) mass is 228 g/mol. The van der Waals surface area contributed by atoms with Gasteiger partial charge in [-0.15, -0.1) is 6.58 Å². The molecule has 0 aromatic heterocycles. The largest absolute Gasteiger partial charge is 0.408 e. The lowest BCUT2D eigenvalue weighted by atomic mass is 10.2. The SMILES string of the molecule is C=C[C@]1(O[Si](C)(C)C(C)(C)C)C[C@@H]1CO. The number of hydrogen-bond acceptors (Lipinski definition) is 2. The zero-order valence-corrected chi connectivity index (χ0v) is 11.6. The Kier molecular flexibility index (Phi) is 3.21. The molecule has 1 N–H and O–H groups in total. The summed E-state index contributed by atoms with van der Waals surface area (Å²) in [5.74, 6) is 0.268. The van der Waals surface area contributed by atoms with Crippen LogP contribution in [0.2, 0.25) is 18.1 Å². The Morgan fingerprint density at radius 3 is 2.33 bits per heavy atom. The van der Waals surface area contributed by atoms with Crippen LogP contribution >= 0.6 is 0 Å². The predicted molar refractivity (Wildman–Crippen MR) is 66.4 cm³/mol. The van der Waals surface area contributed by atoms with Crippen LogP contribution in [0.4, 0.5) is 0 Å². The van der Waals surface area contributed by atoms with E-state index in [4.69, 9.17) is 9.53 Å². The second kappa shape index (κ2) is 3.72. The van der Waals surface area contributed by atoms with E-state index in [-0.39, 0.29) is 23.2 Å². The van der Waals surface area contributed by atoms with Gasteiger partial charge in [0.05, 0.1) is 5.60 Å². The van der Waals surface area contributed by atoms with Crippen LogP contribution in [0.3, 0.4) is 0 Å². The Morgan fingerprint density at radius 1 is 1.53 bits per heavy atom. The van der Waals surface area contributed by atoms with E-state index in [0.717, 1.165) is 6.42 Å². The van der Waals surface area contributed by atoms with Crippen molar-refractivity contribution in [1.29, 1.82) is 0 Å². The topological polar surface area (TPSA) is 29.5 Å². The summed E-state index contributed by atoms with van der Waals surface area (Å²) in [5, 5.41) is 9.37. The van der Waals surface area contributed by atoms with E-state index in [1.165, 1.54) is 0 Å². The van der Waals surface area contributed by atoms with Crippen molar-refractivity contribution >= 4 is 8.32 Å². The molecule has 2 atom stereocenters. The quantitative estimate of drug-likeness (QED) is 0.592. The minimum absolute atomic E-state index is 0.209. The van der Waals surface area contributed by atoms with E-state index in [0.29, 0.717) is 0 Å². The van der Waals surface area contributed by atoms with E-state index < -0.39 is 8.32 Å². The Morgan fingerprint density at radius 2 is 2.07 bits per heavy atom. The summed E-state index contributed by atoms with van der Waals surface area (Å²) in [6, 6.07) is 0. The smallest absolute Gasteiger partial charge is 0.193 e. The first-order valence-corrected chi connectivity index (χ1v) is 8.54. The average Bonchev–Trinajstić information content (AvgIpc) is 2.76. The predicted octanol–water partition coefficient (Wildman–Crippen LogP) is 2.95. The molecule has 1 fully saturated rings. The molecular weight excluding hydrogens is 204 g/mol. The third-order valence-corrected chi connectivity index (χ3v) is 8.42. The fourth-order valence-electron chi connectivity index (χ4n) is 1.59. The van der Waals surface area contributed by atoms with Crippen molar-refractivity contribution in [3.05, 3.63) is 12.7 Å². The van der Waals surface area contributed by atoms with Crippen LogP contribution in [0, 0.1) is 5.92 Å². The van der Waals surface area contributed by atoms with Gasteiger partial charge >= 0.3 is 0 Å². The third kappa shape index (κ3) is 2.35. The molecule has 0 amide bonds. The highest BCUT2D eigenvalue weighted by atomic mass is 28.4. The molecule has 0 radical (unpaired) electrons. The fourth-order valence-corrected chi connectivity index (χ4v) is 3.18. The molecule has 1 aliphatic carbocycles. The van der Waals surface area contributed by atoms with Crippen LogP contribution in [0.5, 0.6) is 0 Å². The Bertz CT molecular complexity index is 255. The van der Waals surface area contributed by atoms with Gasteiger partial charge in [0.25, 0.3) is 0 Å². The zero-order valence-electron chi connectivity index (χ0n) is 10.6. The van der Waals surface area contributed by atoms with Gasteiger partial charge in [0.1, 0.15) is 0 Å². The molecule has 1 saturated carbocycles. The van der Waals surface area contributed by atoms with Gasteiger partial charge in [0.15, 0.2) is 8.32 Å². The van der Waals surface area contributed by atoms with E-state index in [9.17, 15) is 0 Å². The number of hydrogen-bond donors (Lipinski definition) is 1. The van der Waals surface area contributed by atoms with Crippen LogP contribution in [0.25, 0.3) is 0 Å². The maximum absolute atomic E-state index is 9.16. The molecule has 0 aliphatic heterocycles. The lowest BCUT2D eigenvalue weighted by Gasteiger charge is -2.39. The highest BCUT2D eigenvalue weighted by molar-refractivity contribution is 6.74. The van der Waals surface area contributed by atoms with E-state index in [1.54, 1.807) is 0 Å². The van der Waals surface area contributed by atoms with Gasteiger partial charge in [-0.05, 0) is 24.6 Å². The van der Waals surface area contributed by atoms with E-state index >= 15 is 0 Å². The average molecular weight is 228 g/mol. The van der Waals surface area contributed by atoms with Gasteiger partial charge in [0, 0.05) is 12.5 Å².